The maximum Gasteiger partial charge on any atom is 0.490 e. The summed E-state index contributed by atoms with van der Waals surface area (Å²) in [5.41, 5.74) is -0.146. The highest BCUT2D eigenvalue weighted by Gasteiger charge is 2.38. The second kappa shape index (κ2) is 7.99. The number of aliphatic hydroxyl groups is 1. The Hall–Kier alpha value is -2.43. The number of aromatic nitrogens is 2. The highest BCUT2D eigenvalue weighted by molar-refractivity contribution is 5.90. The number of aliphatic hydroxyl groups excluding tert-OH is 1. The zero-order valence-electron chi connectivity index (χ0n) is 10.6. The first kappa shape index (κ1) is 18.6. The molecular formula is C10H12F3N3O5. The number of carboxylic acid groups (broad SMARTS) is 2. The van der Waals surface area contributed by atoms with Crippen LogP contribution in [-0.2, 0) is 4.79 Å². The largest absolute Gasteiger partial charge is 0.490 e. The topological polar surface area (TPSA) is 133 Å². The number of carbonyl (C=O) groups is 2. The molecule has 0 aliphatic carbocycles. The summed E-state index contributed by atoms with van der Waals surface area (Å²) in [4.78, 5) is 27.1. The van der Waals surface area contributed by atoms with E-state index in [1.54, 1.807) is 6.92 Å². The van der Waals surface area contributed by atoms with Gasteiger partial charge in [0.05, 0.1) is 6.61 Å². The Bertz CT molecular complexity index is 495. The lowest BCUT2D eigenvalue weighted by atomic mass is 10.3. The van der Waals surface area contributed by atoms with E-state index in [4.69, 9.17) is 20.1 Å². The third-order valence-electron chi connectivity index (χ3n) is 1.80. The van der Waals surface area contributed by atoms with Crippen molar-refractivity contribution in [1.29, 1.82) is 0 Å². The van der Waals surface area contributed by atoms with Gasteiger partial charge in [-0.05, 0) is 6.92 Å². The molecule has 0 amide bonds. The van der Waals surface area contributed by atoms with E-state index in [0.717, 1.165) is 0 Å². The van der Waals surface area contributed by atoms with E-state index in [0.29, 0.717) is 0 Å². The second-order valence-corrected chi connectivity index (χ2v) is 3.59. The van der Waals surface area contributed by atoms with Crippen molar-refractivity contribution in [2.24, 2.45) is 0 Å². The molecule has 0 aliphatic heterocycles. The molecule has 1 aromatic rings. The van der Waals surface area contributed by atoms with Gasteiger partial charge in [0.25, 0.3) is 0 Å². The molecule has 1 rings (SSSR count). The quantitative estimate of drug-likeness (QED) is 0.635. The Morgan fingerprint density at radius 1 is 1.29 bits per heavy atom. The fourth-order valence-electron chi connectivity index (χ4n) is 0.879. The summed E-state index contributed by atoms with van der Waals surface area (Å²) < 4.78 is 31.7. The van der Waals surface area contributed by atoms with Gasteiger partial charge in [0.15, 0.2) is 11.5 Å². The highest BCUT2D eigenvalue weighted by atomic mass is 19.4. The highest BCUT2D eigenvalue weighted by Crippen LogP contribution is 2.13. The monoisotopic (exact) mass is 311 g/mol. The van der Waals surface area contributed by atoms with Crippen LogP contribution < -0.4 is 5.32 Å². The summed E-state index contributed by atoms with van der Waals surface area (Å²) in [6.45, 7) is 1.61. The average Bonchev–Trinajstić information content (AvgIpc) is 2.38. The fraction of sp³-hybridized carbons (Fsp3) is 0.400. The molecule has 1 unspecified atom stereocenters. The van der Waals surface area contributed by atoms with Crippen molar-refractivity contribution in [1.82, 2.24) is 9.97 Å². The molecule has 1 aromatic heterocycles. The van der Waals surface area contributed by atoms with Crippen molar-refractivity contribution in [2.45, 2.75) is 19.1 Å². The molecule has 0 saturated heterocycles. The molecular weight excluding hydrogens is 299 g/mol. The van der Waals surface area contributed by atoms with Gasteiger partial charge in [-0.3, -0.25) is 0 Å². The number of aromatic carboxylic acids is 1. The lowest BCUT2D eigenvalue weighted by Gasteiger charge is -2.11. The van der Waals surface area contributed by atoms with Crippen molar-refractivity contribution in [3.8, 4) is 0 Å². The minimum absolute atomic E-state index is 0.102. The van der Waals surface area contributed by atoms with Gasteiger partial charge in [0.2, 0.25) is 0 Å². The Morgan fingerprint density at radius 3 is 2.14 bits per heavy atom. The lowest BCUT2D eigenvalue weighted by molar-refractivity contribution is -0.192. The van der Waals surface area contributed by atoms with Crippen LogP contribution in [-0.4, -0.2) is 56.1 Å². The zero-order valence-corrected chi connectivity index (χ0v) is 10.6. The molecule has 21 heavy (non-hydrogen) atoms. The van der Waals surface area contributed by atoms with E-state index in [-0.39, 0.29) is 24.2 Å². The summed E-state index contributed by atoms with van der Waals surface area (Å²) in [7, 11) is 0. The van der Waals surface area contributed by atoms with Gasteiger partial charge >= 0.3 is 18.1 Å². The van der Waals surface area contributed by atoms with Crippen LogP contribution in [0.2, 0.25) is 0 Å². The van der Waals surface area contributed by atoms with Gasteiger partial charge in [-0.1, -0.05) is 0 Å². The normalized spacial score (nSPS) is 11.9. The van der Waals surface area contributed by atoms with Crippen molar-refractivity contribution >= 4 is 17.8 Å². The molecule has 0 aromatic carbocycles. The number of halogens is 3. The molecule has 1 heterocycles. The number of carboxylic acids is 2. The van der Waals surface area contributed by atoms with Crippen molar-refractivity contribution in [3.63, 3.8) is 0 Å². The Labute approximate surface area is 116 Å². The molecule has 0 saturated carbocycles. The lowest BCUT2D eigenvalue weighted by Crippen LogP contribution is -2.22. The second-order valence-electron chi connectivity index (χ2n) is 3.59. The van der Waals surface area contributed by atoms with Crippen LogP contribution in [0.1, 0.15) is 17.4 Å². The summed E-state index contributed by atoms with van der Waals surface area (Å²) in [5.74, 6) is -3.74. The van der Waals surface area contributed by atoms with Crippen LogP contribution in [0.3, 0.4) is 0 Å². The average molecular weight is 311 g/mol. The van der Waals surface area contributed by atoms with Gasteiger partial charge in [0, 0.05) is 18.4 Å². The van der Waals surface area contributed by atoms with Crippen LogP contribution in [0.15, 0.2) is 12.4 Å². The summed E-state index contributed by atoms with van der Waals surface area (Å²) in [5, 5.41) is 27.4. The van der Waals surface area contributed by atoms with Crippen LogP contribution in [0.4, 0.5) is 19.0 Å². The number of alkyl halides is 3. The van der Waals surface area contributed by atoms with Gasteiger partial charge in [-0.25, -0.2) is 19.6 Å². The molecule has 0 bridgehead atoms. The number of aliphatic carboxylic acids is 1. The first-order valence-corrected chi connectivity index (χ1v) is 5.31. The third-order valence-corrected chi connectivity index (χ3v) is 1.80. The summed E-state index contributed by atoms with van der Waals surface area (Å²) >= 11 is 0. The maximum atomic E-state index is 10.7. The first-order valence-electron chi connectivity index (χ1n) is 5.31. The van der Waals surface area contributed by atoms with Crippen molar-refractivity contribution < 1.29 is 38.1 Å². The molecule has 8 nitrogen and oxygen atoms in total. The third kappa shape index (κ3) is 7.06. The van der Waals surface area contributed by atoms with Crippen LogP contribution in [0.5, 0.6) is 0 Å². The van der Waals surface area contributed by atoms with E-state index in [2.05, 4.69) is 15.3 Å². The van der Waals surface area contributed by atoms with Crippen molar-refractivity contribution in [2.75, 3.05) is 11.9 Å². The van der Waals surface area contributed by atoms with Gasteiger partial charge in [0.1, 0.15) is 0 Å². The van der Waals surface area contributed by atoms with Crippen molar-refractivity contribution in [3.05, 3.63) is 18.1 Å². The summed E-state index contributed by atoms with van der Waals surface area (Å²) in [6.07, 6.45) is -2.39. The van der Waals surface area contributed by atoms with E-state index in [9.17, 15) is 18.0 Å². The first-order chi connectivity index (χ1) is 9.59. The number of hydrogen-bond acceptors (Lipinski definition) is 6. The molecule has 11 heteroatoms. The summed E-state index contributed by atoms with van der Waals surface area (Å²) in [6, 6.07) is -0.259. The van der Waals surface area contributed by atoms with Gasteiger partial charge in [-0.2, -0.15) is 13.2 Å². The molecule has 4 N–H and O–H groups in total. The SMILES string of the molecule is CC(CO)Nc1nccnc1C(=O)O.O=C(O)C(F)(F)F. The van der Waals surface area contributed by atoms with Crippen LogP contribution in [0, 0.1) is 0 Å². The van der Waals surface area contributed by atoms with E-state index in [1.165, 1.54) is 12.4 Å². The predicted molar refractivity (Wildman–Crippen MR) is 62.9 cm³/mol. The van der Waals surface area contributed by atoms with Crippen LogP contribution >= 0.6 is 0 Å². The Balaban J connectivity index is 0.000000486. The van der Waals surface area contributed by atoms with Gasteiger partial charge in [-0.15, -0.1) is 0 Å². The molecule has 0 aliphatic rings. The number of hydrogen-bond donors (Lipinski definition) is 4. The smallest absolute Gasteiger partial charge is 0.476 e. The maximum absolute atomic E-state index is 10.7. The molecule has 1 atom stereocenters. The zero-order chi connectivity index (χ0) is 16.6. The standard InChI is InChI=1S/C8H11N3O3.C2HF3O2/c1-5(4-12)11-7-6(8(13)14)9-2-3-10-7;3-2(4,5)1(6)7/h2-3,5,12H,4H2,1H3,(H,10,11)(H,13,14);(H,6,7). The molecule has 0 spiro atoms. The minimum Gasteiger partial charge on any atom is -0.476 e. The minimum atomic E-state index is -5.08. The van der Waals surface area contributed by atoms with E-state index >= 15 is 0 Å². The number of anilines is 1. The Kier molecular flexibility index (Phi) is 7.07. The van der Waals surface area contributed by atoms with E-state index < -0.39 is 18.1 Å². The molecule has 0 radical (unpaired) electrons. The Morgan fingerprint density at radius 2 is 1.76 bits per heavy atom. The van der Waals surface area contributed by atoms with E-state index in [1.807, 2.05) is 0 Å². The molecule has 118 valence electrons. The van der Waals surface area contributed by atoms with Gasteiger partial charge < -0.3 is 20.6 Å². The predicted octanol–water partition coefficient (Wildman–Crippen LogP) is 0.601. The fourth-order valence-corrected chi connectivity index (χ4v) is 0.879. The van der Waals surface area contributed by atoms with Crippen LogP contribution in [0.25, 0.3) is 0 Å². The number of rotatable bonds is 4. The number of nitrogens with one attached hydrogen (secondary N) is 1. The number of nitrogens with zero attached hydrogens (tertiary/aromatic N) is 2. The molecule has 0 fully saturated rings.